The highest BCUT2D eigenvalue weighted by molar-refractivity contribution is 8.05. The fraction of sp³-hybridized carbons (Fsp3) is 0.0381. The first-order valence-electron chi connectivity index (χ1n) is 40.3. The van der Waals surface area contributed by atoms with Gasteiger partial charge in [-0.1, -0.05) is 152 Å². The van der Waals surface area contributed by atoms with Gasteiger partial charge in [-0.3, -0.25) is 44.9 Å². The van der Waals surface area contributed by atoms with Gasteiger partial charge in [-0.25, -0.2) is 19.9 Å². The molecule has 0 bridgehead atoms. The average Bonchev–Trinajstić information content (AvgIpc) is 1.59. The fourth-order valence-corrected chi connectivity index (χ4v) is 20.8. The molecule has 2 unspecified atom stereocenters. The molecule has 574 valence electrons. The van der Waals surface area contributed by atoms with Crippen molar-refractivity contribution in [2.75, 3.05) is 0 Å². The van der Waals surface area contributed by atoms with Crippen molar-refractivity contribution in [3.63, 3.8) is 0 Å². The molecule has 2 aliphatic rings. The molecule has 0 aliphatic carbocycles. The second-order valence-electron chi connectivity index (χ2n) is 30.5. The SMILES string of the molecule is Cc1c(-c2cnccn2)cccc1-c1cccc(-n2c3cnc(-c4cccc(-c5ccc6c(c5)C5Sc7ccc(-c8cccc(-c9cc(-c%10nccc(-c%11ccccc%11)n%10)c%10oc%11c(-c%12nccc(-c%13ccccc%13)n%12)cc(-c%12cccnc%12-c%12ccccn%12)cc%11c%10c9)c8)cc7C5S6)c4)cc3c3cc(-c4cccnc4-c4cnccn4)ncc32)c1C. The van der Waals surface area contributed by atoms with Crippen LogP contribution in [0.3, 0.4) is 0 Å². The van der Waals surface area contributed by atoms with E-state index in [-0.39, 0.29) is 10.5 Å². The van der Waals surface area contributed by atoms with E-state index in [0.29, 0.717) is 34.2 Å². The molecule has 0 spiro atoms. The summed E-state index contributed by atoms with van der Waals surface area (Å²) < 4.78 is 9.66. The smallest absolute Gasteiger partial charge is 0.163 e. The fourth-order valence-electron chi connectivity index (χ4n) is 17.6. The number of benzene rings is 10. The van der Waals surface area contributed by atoms with Gasteiger partial charge in [0.15, 0.2) is 11.6 Å². The van der Waals surface area contributed by atoms with E-state index >= 15 is 0 Å². The number of pyridine rings is 5. The molecule has 2 atom stereocenters. The van der Waals surface area contributed by atoms with Crippen molar-refractivity contribution < 1.29 is 4.42 Å². The lowest BCUT2D eigenvalue weighted by Gasteiger charge is -2.17. The van der Waals surface area contributed by atoms with Crippen molar-refractivity contribution in [2.24, 2.45) is 0 Å². The van der Waals surface area contributed by atoms with Crippen LogP contribution in [0, 0.1) is 13.8 Å². The maximum atomic E-state index is 7.34. The van der Waals surface area contributed by atoms with Gasteiger partial charge in [0.25, 0.3) is 0 Å². The number of nitrogens with zero attached hydrogens (tertiary/aromatic N) is 14. The minimum absolute atomic E-state index is 0.218. The van der Waals surface area contributed by atoms with E-state index in [0.717, 1.165) is 184 Å². The summed E-state index contributed by atoms with van der Waals surface area (Å²) in [5.41, 5.74) is 33.0. The lowest BCUT2D eigenvalue weighted by Crippen LogP contribution is -2.00. The second-order valence-corrected chi connectivity index (χ2v) is 32.9. The van der Waals surface area contributed by atoms with Crippen molar-refractivity contribution in [3.8, 4) is 163 Å². The van der Waals surface area contributed by atoms with Gasteiger partial charge in [0, 0.05) is 126 Å². The molecule has 21 aromatic rings. The molecular formula is C105H66N14OS2. The summed E-state index contributed by atoms with van der Waals surface area (Å²) in [4.78, 5) is 66.5. The number of furan rings is 1. The van der Waals surface area contributed by atoms with Crippen LogP contribution in [0.2, 0.25) is 0 Å². The summed E-state index contributed by atoms with van der Waals surface area (Å²) in [6.07, 6.45) is 23.5. The highest BCUT2D eigenvalue weighted by Crippen LogP contribution is 2.67. The molecule has 2 aliphatic heterocycles. The van der Waals surface area contributed by atoms with Crippen LogP contribution in [0.25, 0.3) is 207 Å². The van der Waals surface area contributed by atoms with Gasteiger partial charge in [-0.15, -0.1) is 23.5 Å². The first-order valence-corrected chi connectivity index (χ1v) is 42.0. The molecule has 0 radical (unpaired) electrons. The highest BCUT2D eigenvalue weighted by Gasteiger charge is 2.42. The third-order valence-electron chi connectivity index (χ3n) is 23.5. The first-order chi connectivity index (χ1) is 60.3. The molecule has 23 rings (SSSR count). The molecule has 0 N–H and O–H groups in total. The number of fused-ring (bicyclic) bond motifs is 11. The molecule has 11 aromatic heterocycles. The van der Waals surface area contributed by atoms with Crippen molar-refractivity contribution in [3.05, 3.63) is 376 Å². The molecule has 13 heterocycles. The van der Waals surface area contributed by atoms with E-state index in [9.17, 15) is 0 Å². The van der Waals surface area contributed by atoms with E-state index < -0.39 is 0 Å². The van der Waals surface area contributed by atoms with Crippen LogP contribution in [0.4, 0.5) is 0 Å². The van der Waals surface area contributed by atoms with E-state index in [4.69, 9.17) is 49.3 Å². The zero-order valence-corrected chi connectivity index (χ0v) is 67.3. The standard InChI is InChI=1S/C105H66N14OS2/c1-61-73(25-13-27-75(61)91-57-106-43-45-109-91)74-26-14-31-93(62(74)2)119-94-59-115-89(55-78(94)79-56-90(116-60-95(79)119)77-29-16-40-112-99(77)92-58-107-44-46-110-92)70-24-12-22-66(48-70)69-33-35-97-83(50-69)103-102(122-97)82-49-68(32-34-96(82)121-103)65-21-11-23-67(47-65)71-51-80-81-53-72(76-28-15-39-111-98(76)88-30-9-10-38-108-88)54-85(105-114-42-37-87(118-105)64-19-7-4-8-20-64)101(81)120-100(80)84(52-71)104-113-41-36-86(117-104)63-17-5-3-6-18-63/h3-60,102-103H,1-2H3. The quantitative estimate of drug-likeness (QED) is 0.0943. The summed E-state index contributed by atoms with van der Waals surface area (Å²) in [5.74, 6) is 1.05. The van der Waals surface area contributed by atoms with Gasteiger partial charge < -0.3 is 8.98 Å². The number of hydrogen-bond donors (Lipinski definition) is 0. The van der Waals surface area contributed by atoms with Gasteiger partial charge in [0.1, 0.15) is 16.9 Å². The monoisotopic (exact) mass is 1600 g/mol. The number of aromatic nitrogens is 14. The van der Waals surface area contributed by atoms with E-state index in [1.165, 1.54) is 20.9 Å². The zero-order chi connectivity index (χ0) is 80.9. The van der Waals surface area contributed by atoms with E-state index in [1.807, 2.05) is 140 Å². The molecule has 17 heteroatoms. The zero-order valence-electron chi connectivity index (χ0n) is 65.6. The Bertz CT molecular complexity index is 7760. The topological polar surface area (TPSA) is 186 Å². The predicted octanol–water partition coefficient (Wildman–Crippen LogP) is 25.8. The van der Waals surface area contributed by atoms with Gasteiger partial charge in [0.2, 0.25) is 0 Å². The van der Waals surface area contributed by atoms with Crippen LogP contribution in [-0.4, -0.2) is 69.4 Å². The molecule has 0 fully saturated rings. The maximum absolute atomic E-state index is 7.34. The predicted molar refractivity (Wildman–Crippen MR) is 489 cm³/mol. The lowest BCUT2D eigenvalue weighted by molar-refractivity contribution is 0.670. The van der Waals surface area contributed by atoms with E-state index in [1.54, 1.807) is 43.4 Å². The maximum Gasteiger partial charge on any atom is 0.163 e. The summed E-state index contributed by atoms with van der Waals surface area (Å²) in [7, 11) is 0. The summed E-state index contributed by atoms with van der Waals surface area (Å²) in [5, 5.41) is 4.26. The minimum Gasteiger partial charge on any atom is -0.455 e. The third-order valence-corrected chi connectivity index (χ3v) is 26.5. The van der Waals surface area contributed by atoms with Crippen molar-refractivity contribution in [2.45, 2.75) is 34.1 Å². The van der Waals surface area contributed by atoms with E-state index in [2.05, 4.69) is 232 Å². The normalized spacial score (nSPS) is 13.4. The molecule has 0 saturated carbocycles. The van der Waals surface area contributed by atoms with Gasteiger partial charge in [-0.2, -0.15) is 0 Å². The largest absolute Gasteiger partial charge is 0.455 e. The Hall–Kier alpha value is -15.4. The van der Waals surface area contributed by atoms with Crippen LogP contribution in [-0.2, 0) is 0 Å². The van der Waals surface area contributed by atoms with Crippen LogP contribution in [0.1, 0.15) is 32.8 Å². The van der Waals surface area contributed by atoms with Gasteiger partial charge >= 0.3 is 0 Å². The summed E-state index contributed by atoms with van der Waals surface area (Å²) in [6.45, 7) is 4.37. The summed E-state index contributed by atoms with van der Waals surface area (Å²) >= 11 is 3.95. The molecule has 0 amide bonds. The van der Waals surface area contributed by atoms with Crippen molar-refractivity contribution in [1.29, 1.82) is 0 Å². The Morgan fingerprint density at radius 3 is 1.39 bits per heavy atom. The average molecular weight is 1600 g/mol. The highest BCUT2D eigenvalue weighted by atomic mass is 32.2. The Morgan fingerprint density at radius 1 is 0.270 bits per heavy atom. The van der Waals surface area contributed by atoms with Crippen LogP contribution < -0.4 is 0 Å². The Morgan fingerprint density at radius 2 is 0.762 bits per heavy atom. The van der Waals surface area contributed by atoms with Crippen LogP contribution >= 0.6 is 23.5 Å². The number of thioether (sulfide) groups is 2. The number of hydrogen-bond acceptors (Lipinski definition) is 16. The number of rotatable bonds is 15. The van der Waals surface area contributed by atoms with Gasteiger partial charge in [0.05, 0.1) is 103 Å². The van der Waals surface area contributed by atoms with Crippen LogP contribution in [0.15, 0.2) is 368 Å². The second kappa shape index (κ2) is 29.9. The molecule has 122 heavy (non-hydrogen) atoms. The lowest BCUT2D eigenvalue weighted by atomic mass is 9.92. The van der Waals surface area contributed by atoms with Gasteiger partial charge in [-0.05, 0) is 207 Å². The Kier molecular flexibility index (Phi) is 17.6. The van der Waals surface area contributed by atoms with Crippen LogP contribution in [0.5, 0.6) is 0 Å². The molecule has 10 aromatic carbocycles. The summed E-state index contributed by atoms with van der Waals surface area (Å²) in [6, 6.07) is 96.3. The van der Waals surface area contributed by atoms with Crippen molar-refractivity contribution >= 4 is 67.3 Å². The Balaban J connectivity index is 0.591. The molecule has 0 saturated heterocycles. The molecule has 15 nitrogen and oxygen atoms in total. The third kappa shape index (κ3) is 12.6. The first kappa shape index (κ1) is 71.9. The minimum atomic E-state index is 0.218. The molecular weight excluding hydrogens is 1540 g/mol. The Labute approximate surface area is 709 Å². The van der Waals surface area contributed by atoms with Crippen molar-refractivity contribution in [1.82, 2.24) is 69.4 Å².